The Labute approximate surface area is 199 Å². The molecule has 32 heavy (non-hydrogen) atoms. The summed E-state index contributed by atoms with van der Waals surface area (Å²) in [5, 5.41) is 0.763. The normalized spacial score (nSPS) is 15.9. The maximum Gasteiger partial charge on any atom is 0.409 e. The highest BCUT2D eigenvalue weighted by atomic mass is 35.5. The molecule has 1 amide bonds. The Balaban J connectivity index is 1.28. The van der Waals surface area contributed by atoms with E-state index in [-0.39, 0.29) is 6.09 Å². The number of carbonyl (C=O) groups is 1. The van der Waals surface area contributed by atoms with E-state index in [2.05, 4.69) is 46.2 Å². The van der Waals surface area contributed by atoms with Gasteiger partial charge in [0.25, 0.3) is 0 Å². The van der Waals surface area contributed by atoms with E-state index < -0.39 is 0 Å². The Hall–Kier alpha value is -1.93. The maximum atomic E-state index is 12.2. The van der Waals surface area contributed by atoms with Crippen molar-refractivity contribution in [2.45, 2.75) is 22.6 Å². The minimum Gasteiger partial charge on any atom is -0.449 e. The summed E-state index contributed by atoms with van der Waals surface area (Å²) in [6.45, 7) is 6.12. The van der Waals surface area contributed by atoms with Crippen LogP contribution in [0.4, 0.5) is 16.2 Å². The van der Waals surface area contributed by atoms with Gasteiger partial charge < -0.3 is 19.3 Å². The monoisotopic (exact) mass is 475 g/mol. The van der Waals surface area contributed by atoms with Crippen molar-refractivity contribution in [1.82, 2.24) is 9.80 Å². The second-order valence-electron chi connectivity index (χ2n) is 7.98. The van der Waals surface area contributed by atoms with Crippen molar-refractivity contribution in [2.24, 2.45) is 0 Å². The van der Waals surface area contributed by atoms with Crippen LogP contribution in [0.5, 0.6) is 0 Å². The van der Waals surface area contributed by atoms with Crippen LogP contribution in [0.25, 0.3) is 0 Å². The lowest BCUT2D eigenvalue weighted by Crippen LogP contribution is -2.49. The van der Waals surface area contributed by atoms with Crippen LogP contribution in [0.15, 0.2) is 52.3 Å². The predicted molar refractivity (Wildman–Crippen MR) is 129 cm³/mol. The number of rotatable bonds is 8. The molecular weight excluding hydrogens is 446 g/mol. The largest absolute Gasteiger partial charge is 0.449 e. The highest BCUT2D eigenvalue weighted by Gasteiger charge is 2.25. The molecule has 0 aromatic heterocycles. The van der Waals surface area contributed by atoms with E-state index in [0.717, 1.165) is 44.0 Å². The molecule has 0 saturated carbocycles. The van der Waals surface area contributed by atoms with Gasteiger partial charge in [0.05, 0.1) is 18.0 Å². The quantitative estimate of drug-likeness (QED) is 0.493. The number of para-hydroxylation sites is 1. The van der Waals surface area contributed by atoms with E-state index in [1.807, 2.05) is 6.07 Å². The number of hydrogen-bond donors (Lipinski definition) is 0. The second kappa shape index (κ2) is 11.3. The standard InChI is InChI=1S/C24H30ClN3O3S/c1-30-16-5-17-31-24(29)27-14-12-26(13-15-27)10-4-11-28-20-6-2-3-7-22(20)32-23-9-8-19(25)18-21(23)28/h2-3,6-9,18H,4-5,10-17H2,1H3. The van der Waals surface area contributed by atoms with E-state index in [4.69, 9.17) is 21.1 Å². The zero-order valence-electron chi connectivity index (χ0n) is 18.5. The van der Waals surface area contributed by atoms with Gasteiger partial charge in [0, 0.05) is 67.7 Å². The van der Waals surface area contributed by atoms with E-state index in [9.17, 15) is 4.79 Å². The number of fused-ring (bicyclic) bond motifs is 2. The van der Waals surface area contributed by atoms with Crippen molar-refractivity contribution in [3.63, 3.8) is 0 Å². The molecule has 0 atom stereocenters. The van der Waals surface area contributed by atoms with Crippen LogP contribution in [0.3, 0.4) is 0 Å². The summed E-state index contributed by atoms with van der Waals surface area (Å²) in [5.74, 6) is 0. The SMILES string of the molecule is COCCCOC(=O)N1CCN(CCCN2c3ccccc3Sc3ccc(Cl)cc32)CC1. The second-order valence-corrected chi connectivity index (χ2v) is 9.50. The van der Waals surface area contributed by atoms with Crippen molar-refractivity contribution in [3.05, 3.63) is 47.5 Å². The van der Waals surface area contributed by atoms with Crippen LogP contribution < -0.4 is 4.90 Å². The van der Waals surface area contributed by atoms with Gasteiger partial charge in [0.1, 0.15) is 0 Å². The number of methoxy groups -OCH3 is 1. The minimum absolute atomic E-state index is 0.211. The van der Waals surface area contributed by atoms with Crippen LogP contribution in [-0.2, 0) is 9.47 Å². The Morgan fingerprint density at radius 3 is 2.56 bits per heavy atom. The number of benzene rings is 2. The van der Waals surface area contributed by atoms with E-state index in [0.29, 0.717) is 26.3 Å². The van der Waals surface area contributed by atoms with E-state index in [1.54, 1.807) is 23.8 Å². The first-order valence-electron chi connectivity index (χ1n) is 11.1. The average Bonchev–Trinajstić information content (AvgIpc) is 2.82. The fourth-order valence-corrected chi connectivity index (χ4v) is 5.35. The third kappa shape index (κ3) is 5.70. The topological polar surface area (TPSA) is 45.3 Å². The number of anilines is 2. The van der Waals surface area contributed by atoms with Gasteiger partial charge in [0.15, 0.2) is 0 Å². The lowest BCUT2D eigenvalue weighted by atomic mass is 10.2. The number of amides is 1. The fourth-order valence-electron chi connectivity index (χ4n) is 4.10. The molecule has 0 N–H and O–H groups in total. The molecule has 0 unspecified atom stereocenters. The summed E-state index contributed by atoms with van der Waals surface area (Å²) < 4.78 is 10.3. The van der Waals surface area contributed by atoms with E-state index >= 15 is 0 Å². The zero-order valence-corrected chi connectivity index (χ0v) is 20.0. The first-order valence-corrected chi connectivity index (χ1v) is 12.3. The van der Waals surface area contributed by atoms with Gasteiger partial charge in [0.2, 0.25) is 0 Å². The number of halogens is 1. The molecule has 2 aliphatic heterocycles. The Morgan fingerprint density at radius 1 is 0.969 bits per heavy atom. The lowest BCUT2D eigenvalue weighted by molar-refractivity contribution is 0.0693. The molecule has 2 aromatic carbocycles. The van der Waals surface area contributed by atoms with Gasteiger partial charge in [-0.25, -0.2) is 4.79 Å². The van der Waals surface area contributed by atoms with Crippen molar-refractivity contribution < 1.29 is 14.3 Å². The number of ether oxygens (including phenoxy) is 2. The lowest BCUT2D eigenvalue weighted by Gasteiger charge is -2.36. The molecule has 1 saturated heterocycles. The summed E-state index contributed by atoms with van der Waals surface area (Å²) in [7, 11) is 1.65. The molecule has 2 heterocycles. The van der Waals surface area contributed by atoms with Crippen LogP contribution in [0.2, 0.25) is 5.02 Å². The van der Waals surface area contributed by atoms with Gasteiger partial charge in [-0.05, 0) is 43.3 Å². The molecule has 2 aromatic rings. The Morgan fingerprint density at radius 2 is 1.75 bits per heavy atom. The molecule has 0 aliphatic carbocycles. The number of hydrogen-bond acceptors (Lipinski definition) is 6. The first-order chi connectivity index (χ1) is 15.7. The van der Waals surface area contributed by atoms with Crippen LogP contribution >= 0.6 is 23.4 Å². The van der Waals surface area contributed by atoms with Crippen molar-refractivity contribution in [2.75, 3.05) is 64.5 Å². The first kappa shape index (κ1) is 23.2. The molecule has 0 bridgehead atoms. The summed E-state index contributed by atoms with van der Waals surface area (Å²) in [5.41, 5.74) is 2.43. The zero-order chi connectivity index (χ0) is 22.3. The molecule has 172 valence electrons. The van der Waals surface area contributed by atoms with Crippen molar-refractivity contribution in [1.29, 1.82) is 0 Å². The van der Waals surface area contributed by atoms with Crippen molar-refractivity contribution in [3.8, 4) is 0 Å². The molecule has 0 spiro atoms. The van der Waals surface area contributed by atoms with E-state index in [1.165, 1.54) is 21.2 Å². The highest BCUT2D eigenvalue weighted by Crippen LogP contribution is 2.48. The number of nitrogens with zero attached hydrogens (tertiary/aromatic N) is 3. The smallest absolute Gasteiger partial charge is 0.409 e. The number of piperazine rings is 1. The molecule has 0 radical (unpaired) electrons. The molecule has 8 heteroatoms. The third-order valence-corrected chi connectivity index (χ3v) is 7.16. The van der Waals surface area contributed by atoms with Crippen LogP contribution in [0.1, 0.15) is 12.8 Å². The Kier molecular flexibility index (Phi) is 8.19. The van der Waals surface area contributed by atoms with Crippen LogP contribution in [-0.4, -0.2) is 75.5 Å². The minimum atomic E-state index is -0.211. The molecular formula is C24H30ClN3O3S. The van der Waals surface area contributed by atoms with Gasteiger partial charge in [-0.3, -0.25) is 4.90 Å². The molecule has 6 nitrogen and oxygen atoms in total. The van der Waals surface area contributed by atoms with Crippen molar-refractivity contribution >= 4 is 40.8 Å². The number of carbonyl (C=O) groups excluding carboxylic acids is 1. The summed E-state index contributed by atoms with van der Waals surface area (Å²) in [4.78, 5) is 21.3. The molecule has 1 fully saturated rings. The van der Waals surface area contributed by atoms with Gasteiger partial charge >= 0.3 is 6.09 Å². The van der Waals surface area contributed by atoms with Gasteiger partial charge in [-0.15, -0.1) is 0 Å². The summed E-state index contributed by atoms with van der Waals surface area (Å²) in [6.07, 6.45) is 1.55. The summed E-state index contributed by atoms with van der Waals surface area (Å²) in [6, 6.07) is 14.7. The average molecular weight is 476 g/mol. The highest BCUT2D eigenvalue weighted by molar-refractivity contribution is 7.99. The fraction of sp³-hybridized carbons (Fsp3) is 0.458. The Bertz CT molecular complexity index is 921. The third-order valence-electron chi connectivity index (χ3n) is 5.79. The maximum absolute atomic E-state index is 12.2. The molecule has 2 aliphatic rings. The summed E-state index contributed by atoms with van der Waals surface area (Å²) >= 11 is 8.12. The predicted octanol–water partition coefficient (Wildman–Crippen LogP) is 5.12. The van der Waals surface area contributed by atoms with Gasteiger partial charge in [-0.1, -0.05) is 35.5 Å². The van der Waals surface area contributed by atoms with Crippen LogP contribution in [0, 0.1) is 0 Å². The molecule has 4 rings (SSSR count). The van der Waals surface area contributed by atoms with Gasteiger partial charge in [-0.2, -0.15) is 0 Å².